The van der Waals surface area contributed by atoms with Crippen LogP contribution in [0.5, 0.6) is 0 Å². The van der Waals surface area contributed by atoms with E-state index >= 15 is 0 Å². The molecule has 1 aliphatic rings. The van der Waals surface area contributed by atoms with Crippen molar-refractivity contribution in [1.29, 1.82) is 0 Å². The SMILES string of the molecule is O=C(/C=C/c1ccccc1)NCC(=O)NNC(=O)c1cccc(S(=O)(=O)N2CCCC2)c1. The van der Waals surface area contributed by atoms with Crippen molar-refractivity contribution in [2.24, 2.45) is 0 Å². The number of rotatable bonds is 7. The molecule has 0 radical (unpaired) electrons. The van der Waals surface area contributed by atoms with Gasteiger partial charge in [-0.15, -0.1) is 0 Å². The van der Waals surface area contributed by atoms with E-state index in [1.54, 1.807) is 6.08 Å². The molecule has 0 saturated carbocycles. The van der Waals surface area contributed by atoms with Crippen LogP contribution in [0, 0.1) is 0 Å². The van der Waals surface area contributed by atoms with Gasteiger partial charge in [-0.2, -0.15) is 4.31 Å². The molecule has 10 heteroatoms. The fourth-order valence-corrected chi connectivity index (χ4v) is 4.64. The molecule has 9 nitrogen and oxygen atoms in total. The number of hydrogen-bond acceptors (Lipinski definition) is 5. The Hall–Kier alpha value is -3.50. The van der Waals surface area contributed by atoms with E-state index in [-0.39, 0.29) is 17.0 Å². The quantitative estimate of drug-likeness (QED) is 0.425. The van der Waals surface area contributed by atoms with E-state index in [1.165, 1.54) is 34.6 Å². The summed E-state index contributed by atoms with van der Waals surface area (Å²) in [4.78, 5) is 36.0. The summed E-state index contributed by atoms with van der Waals surface area (Å²) in [5.41, 5.74) is 5.32. The maximum Gasteiger partial charge on any atom is 0.269 e. The van der Waals surface area contributed by atoms with Gasteiger partial charge in [0.1, 0.15) is 0 Å². The van der Waals surface area contributed by atoms with Crippen molar-refractivity contribution >= 4 is 33.8 Å². The van der Waals surface area contributed by atoms with Gasteiger partial charge < -0.3 is 5.32 Å². The summed E-state index contributed by atoms with van der Waals surface area (Å²) < 4.78 is 26.7. The van der Waals surface area contributed by atoms with E-state index in [2.05, 4.69) is 16.2 Å². The molecule has 0 spiro atoms. The van der Waals surface area contributed by atoms with Gasteiger partial charge in [-0.25, -0.2) is 8.42 Å². The molecule has 0 aliphatic carbocycles. The second-order valence-corrected chi connectivity index (χ2v) is 9.04. The standard InChI is InChI=1S/C22H24N4O5S/c27-20(12-11-17-7-2-1-3-8-17)23-16-21(28)24-25-22(29)18-9-6-10-19(15-18)32(30,31)26-13-4-5-14-26/h1-3,6-12,15H,4-5,13-14,16H2,(H,23,27)(H,24,28)(H,25,29)/b12-11+. The van der Waals surface area contributed by atoms with Crippen LogP contribution in [-0.4, -0.2) is 50.1 Å². The Bertz CT molecular complexity index is 1110. The number of hydrogen-bond donors (Lipinski definition) is 3. The molecule has 1 heterocycles. The van der Waals surface area contributed by atoms with E-state index in [0.717, 1.165) is 18.4 Å². The van der Waals surface area contributed by atoms with Crippen LogP contribution in [0.2, 0.25) is 0 Å². The zero-order valence-electron chi connectivity index (χ0n) is 17.3. The summed E-state index contributed by atoms with van der Waals surface area (Å²) in [6.45, 7) is 0.573. The summed E-state index contributed by atoms with van der Waals surface area (Å²) in [5.74, 6) is -1.78. The Labute approximate surface area is 186 Å². The van der Waals surface area contributed by atoms with Crippen molar-refractivity contribution in [2.45, 2.75) is 17.7 Å². The molecule has 1 saturated heterocycles. The summed E-state index contributed by atoms with van der Waals surface area (Å²) in [7, 11) is -3.66. The number of nitrogens with zero attached hydrogens (tertiary/aromatic N) is 1. The smallest absolute Gasteiger partial charge is 0.269 e. The second kappa shape index (κ2) is 10.7. The fourth-order valence-electron chi connectivity index (χ4n) is 3.08. The number of carbonyl (C=O) groups excluding carboxylic acids is 3. The molecule has 32 heavy (non-hydrogen) atoms. The number of hydrazine groups is 1. The molecule has 1 fully saturated rings. The van der Waals surface area contributed by atoms with Crippen LogP contribution in [0.1, 0.15) is 28.8 Å². The van der Waals surface area contributed by atoms with Crippen molar-refractivity contribution in [2.75, 3.05) is 19.6 Å². The summed E-state index contributed by atoms with van der Waals surface area (Å²) in [6.07, 6.45) is 4.53. The molecular formula is C22H24N4O5S. The Morgan fingerprint density at radius 2 is 1.66 bits per heavy atom. The molecule has 2 aromatic carbocycles. The van der Waals surface area contributed by atoms with Gasteiger partial charge in [0.2, 0.25) is 15.9 Å². The number of benzene rings is 2. The fraction of sp³-hybridized carbons (Fsp3) is 0.227. The summed E-state index contributed by atoms with van der Waals surface area (Å²) in [5, 5.41) is 2.40. The lowest BCUT2D eigenvalue weighted by molar-refractivity contribution is -0.124. The largest absolute Gasteiger partial charge is 0.343 e. The number of carbonyl (C=O) groups is 3. The van der Waals surface area contributed by atoms with Gasteiger partial charge in [-0.1, -0.05) is 36.4 Å². The Kier molecular flexibility index (Phi) is 7.74. The van der Waals surface area contributed by atoms with Gasteiger partial charge in [0.15, 0.2) is 0 Å². The van der Waals surface area contributed by atoms with Crippen LogP contribution in [0.3, 0.4) is 0 Å². The van der Waals surface area contributed by atoms with E-state index in [9.17, 15) is 22.8 Å². The first-order chi connectivity index (χ1) is 15.4. The van der Waals surface area contributed by atoms with Gasteiger partial charge in [0.25, 0.3) is 11.8 Å². The topological polar surface area (TPSA) is 125 Å². The minimum atomic E-state index is -3.66. The van der Waals surface area contributed by atoms with Gasteiger partial charge in [-0.3, -0.25) is 25.2 Å². The molecule has 2 aromatic rings. The number of sulfonamides is 1. The third-order valence-electron chi connectivity index (χ3n) is 4.76. The highest BCUT2D eigenvalue weighted by molar-refractivity contribution is 7.89. The molecule has 0 atom stereocenters. The van der Waals surface area contributed by atoms with Crippen LogP contribution in [0.15, 0.2) is 65.6 Å². The first-order valence-corrected chi connectivity index (χ1v) is 11.5. The van der Waals surface area contributed by atoms with Crippen molar-refractivity contribution in [1.82, 2.24) is 20.5 Å². The second-order valence-electron chi connectivity index (χ2n) is 7.10. The van der Waals surface area contributed by atoms with Crippen LogP contribution < -0.4 is 16.2 Å². The third kappa shape index (κ3) is 6.25. The monoisotopic (exact) mass is 456 g/mol. The maximum atomic E-state index is 12.6. The zero-order chi connectivity index (χ0) is 23.0. The van der Waals surface area contributed by atoms with Crippen LogP contribution >= 0.6 is 0 Å². The Morgan fingerprint density at radius 1 is 0.938 bits per heavy atom. The van der Waals surface area contributed by atoms with Crippen molar-refractivity contribution in [3.05, 3.63) is 71.8 Å². The Balaban J connectivity index is 1.48. The van der Waals surface area contributed by atoms with Crippen molar-refractivity contribution in [3.63, 3.8) is 0 Å². The van der Waals surface area contributed by atoms with E-state index in [0.29, 0.717) is 13.1 Å². The van der Waals surface area contributed by atoms with Gasteiger partial charge in [-0.05, 0) is 42.7 Å². The molecule has 3 amide bonds. The van der Waals surface area contributed by atoms with E-state index < -0.39 is 27.7 Å². The first kappa shape index (κ1) is 23.2. The molecule has 0 unspecified atom stereocenters. The summed E-state index contributed by atoms with van der Waals surface area (Å²) >= 11 is 0. The first-order valence-electron chi connectivity index (χ1n) is 10.1. The lowest BCUT2D eigenvalue weighted by Gasteiger charge is -2.16. The minimum absolute atomic E-state index is 0.0239. The molecule has 3 rings (SSSR count). The highest BCUT2D eigenvalue weighted by Crippen LogP contribution is 2.21. The third-order valence-corrected chi connectivity index (χ3v) is 6.66. The molecule has 0 bridgehead atoms. The van der Waals surface area contributed by atoms with Gasteiger partial charge >= 0.3 is 0 Å². The van der Waals surface area contributed by atoms with E-state index in [4.69, 9.17) is 0 Å². The molecule has 168 valence electrons. The number of nitrogens with one attached hydrogen (secondary N) is 3. The average Bonchev–Trinajstić information content (AvgIpc) is 3.36. The van der Waals surface area contributed by atoms with E-state index in [1.807, 2.05) is 30.3 Å². The van der Waals surface area contributed by atoms with Gasteiger partial charge in [0, 0.05) is 24.7 Å². The maximum absolute atomic E-state index is 12.6. The highest BCUT2D eigenvalue weighted by Gasteiger charge is 2.27. The molecule has 3 N–H and O–H groups in total. The highest BCUT2D eigenvalue weighted by atomic mass is 32.2. The Morgan fingerprint density at radius 3 is 2.38 bits per heavy atom. The van der Waals surface area contributed by atoms with Crippen LogP contribution in [0.4, 0.5) is 0 Å². The predicted molar refractivity (Wildman–Crippen MR) is 119 cm³/mol. The van der Waals surface area contributed by atoms with Crippen molar-refractivity contribution in [3.8, 4) is 0 Å². The molecule has 0 aromatic heterocycles. The predicted octanol–water partition coefficient (Wildman–Crippen LogP) is 1.06. The van der Waals surface area contributed by atoms with Crippen molar-refractivity contribution < 1.29 is 22.8 Å². The lowest BCUT2D eigenvalue weighted by atomic mass is 10.2. The number of amides is 3. The average molecular weight is 457 g/mol. The normalized spacial score (nSPS) is 14.2. The van der Waals surface area contributed by atoms with Gasteiger partial charge in [0.05, 0.1) is 11.4 Å². The lowest BCUT2D eigenvalue weighted by Crippen LogP contribution is -2.46. The molecular weight excluding hydrogens is 432 g/mol. The molecule has 1 aliphatic heterocycles. The summed E-state index contributed by atoms with van der Waals surface area (Å²) in [6, 6.07) is 14.8. The zero-order valence-corrected chi connectivity index (χ0v) is 18.1. The minimum Gasteiger partial charge on any atom is -0.343 e. The van der Waals surface area contributed by atoms with Crippen LogP contribution in [-0.2, 0) is 19.6 Å². The van der Waals surface area contributed by atoms with Crippen LogP contribution in [0.25, 0.3) is 6.08 Å².